The van der Waals surface area contributed by atoms with Gasteiger partial charge < -0.3 is 9.64 Å². The minimum Gasteiger partial charge on any atom is -0.483 e. The Morgan fingerprint density at radius 2 is 2.11 bits per heavy atom. The van der Waals surface area contributed by atoms with Gasteiger partial charge in [0.2, 0.25) is 11.6 Å². The summed E-state index contributed by atoms with van der Waals surface area (Å²) >= 11 is 0. The summed E-state index contributed by atoms with van der Waals surface area (Å²) in [5.41, 5.74) is -0.573. The summed E-state index contributed by atoms with van der Waals surface area (Å²) in [6, 6.07) is 3.94. The summed E-state index contributed by atoms with van der Waals surface area (Å²) in [5, 5.41) is 10.8. The monoisotopic (exact) mass is 254 g/mol. The van der Waals surface area contributed by atoms with Crippen LogP contribution in [0.2, 0.25) is 0 Å². The van der Waals surface area contributed by atoms with Crippen LogP contribution >= 0.6 is 0 Å². The molecule has 1 fully saturated rings. The summed E-state index contributed by atoms with van der Waals surface area (Å²) in [6.07, 6.45) is 1.51. The Bertz CT molecular complexity index is 445. The lowest BCUT2D eigenvalue weighted by Gasteiger charge is -2.29. The quantitative estimate of drug-likeness (QED) is 0.613. The van der Waals surface area contributed by atoms with Gasteiger partial charge in [-0.1, -0.05) is 6.07 Å². The van der Waals surface area contributed by atoms with Crippen LogP contribution in [0.4, 0.5) is 10.1 Å². The first-order chi connectivity index (χ1) is 8.58. The minimum atomic E-state index is -0.856. The molecule has 1 aliphatic heterocycles. The number of hydrogen-bond acceptors (Lipinski definition) is 4. The van der Waals surface area contributed by atoms with Crippen molar-refractivity contribution in [1.82, 2.24) is 4.90 Å². The lowest BCUT2D eigenvalue weighted by Crippen LogP contribution is -2.35. The van der Waals surface area contributed by atoms with E-state index in [1.165, 1.54) is 12.1 Å². The van der Waals surface area contributed by atoms with E-state index in [1.54, 1.807) is 0 Å². The second-order valence-electron chi connectivity index (χ2n) is 4.46. The third-order valence-corrected chi connectivity index (χ3v) is 3.09. The first kappa shape index (κ1) is 12.8. The van der Waals surface area contributed by atoms with Crippen LogP contribution in [0.15, 0.2) is 18.2 Å². The van der Waals surface area contributed by atoms with E-state index in [-0.39, 0.29) is 11.9 Å². The first-order valence-corrected chi connectivity index (χ1v) is 5.86. The summed E-state index contributed by atoms with van der Waals surface area (Å²) in [6.45, 7) is 1.77. The topological polar surface area (TPSA) is 55.6 Å². The van der Waals surface area contributed by atoms with Crippen LogP contribution in [0, 0.1) is 15.9 Å². The molecular formula is C12H15FN2O3. The molecule has 0 atom stereocenters. The molecule has 0 aromatic heterocycles. The Morgan fingerprint density at radius 1 is 1.44 bits per heavy atom. The highest BCUT2D eigenvalue weighted by molar-refractivity contribution is 5.47. The molecular weight excluding hydrogens is 239 g/mol. The molecule has 1 heterocycles. The van der Waals surface area contributed by atoms with Crippen molar-refractivity contribution in [2.45, 2.75) is 18.9 Å². The standard InChI is InChI=1S/C12H15FN2O3/c1-14-7-5-9(6-8-14)18-11-4-2-3-10(13)12(11)15(16)17/h2-4,9H,5-8H2,1H3. The largest absolute Gasteiger partial charge is 0.483 e. The van der Waals surface area contributed by atoms with Gasteiger partial charge in [0.25, 0.3) is 0 Å². The van der Waals surface area contributed by atoms with Crippen LogP contribution < -0.4 is 4.74 Å². The second kappa shape index (κ2) is 5.30. The van der Waals surface area contributed by atoms with Gasteiger partial charge >= 0.3 is 5.69 Å². The van der Waals surface area contributed by atoms with Crippen LogP contribution in [0.1, 0.15) is 12.8 Å². The number of piperidine rings is 1. The van der Waals surface area contributed by atoms with Crippen LogP contribution in [-0.2, 0) is 0 Å². The number of ether oxygens (including phenoxy) is 1. The minimum absolute atomic E-state index is 0.0227. The number of benzene rings is 1. The highest BCUT2D eigenvalue weighted by Gasteiger charge is 2.25. The second-order valence-corrected chi connectivity index (χ2v) is 4.46. The molecule has 1 aromatic rings. The molecule has 0 N–H and O–H groups in total. The fourth-order valence-electron chi connectivity index (χ4n) is 2.05. The van der Waals surface area contributed by atoms with E-state index in [0.717, 1.165) is 32.0 Å². The number of nitrogens with zero attached hydrogens (tertiary/aromatic N) is 2. The summed E-state index contributed by atoms with van der Waals surface area (Å²) in [7, 11) is 2.01. The zero-order chi connectivity index (χ0) is 13.1. The van der Waals surface area contributed by atoms with E-state index in [9.17, 15) is 14.5 Å². The van der Waals surface area contributed by atoms with Gasteiger partial charge in [-0.05, 0) is 32.0 Å². The van der Waals surface area contributed by atoms with E-state index in [4.69, 9.17) is 4.74 Å². The Kier molecular flexibility index (Phi) is 3.76. The van der Waals surface area contributed by atoms with Gasteiger partial charge in [-0.2, -0.15) is 4.39 Å². The predicted molar refractivity (Wildman–Crippen MR) is 64.2 cm³/mol. The summed E-state index contributed by atoms with van der Waals surface area (Å²) in [5.74, 6) is -0.833. The van der Waals surface area contributed by atoms with E-state index in [0.29, 0.717) is 0 Å². The smallest absolute Gasteiger partial charge is 0.346 e. The summed E-state index contributed by atoms with van der Waals surface area (Å²) in [4.78, 5) is 12.2. The number of hydrogen-bond donors (Lipinski definition) is 0. The molecule has 0 radical (unpaired) electrons. The summed E-state index contributed by atoms with van der Waals surface area (Å²) < 4.78 is 19.0. The van der Waals surface area contributed by atoms with Crippen LogP contribution in [0.5, 0.6) is 5.75 Å². The van der Waals surface area contributed by atoms with Crippen molar-refractivity contribution in [3.8, 4) is 5.75 Å². The van der Waals surface area contributed by atoms with Gasteiger partial charge in [0.1, 0.15) is 6.10 Å². The van der Waals surface area contributed by atoms with Crippen molar-refractivity contribution in [1.29, 1.82) is 0 Å². The molecule has 18 heavy (non-hydrogen) atoms. The molecule has 6 heteroatoms. The molecule has 0 bridgehead atoms. The van der Waals surface area contributed by atoms with E-state index in [2.05, 4.69) is 4.90 Å². The number of halogens is 1. The number of rotatable bonds is 3. The lowest BCUT2D eigenvalue weighted by molar-refractivity contribution is -0.388. The van der Waals surface area contributed by atoms with E-state index >= 15 is 0 Å². The fraction of sp³-hybridized carbons (Fsp3) is 0.500. The maximum Gasteiger partial charge on any atom is 0.346 e. The Morgan fingerprint density at radius 3 is 2.72 bits per heavy atom. The predicted octanol–water partition coefficient (Wildman–Crippen LogP) is 2.21. The Hall–Kier alpha value is -1.69. The Balaban J connectivity index is 2.14. The third-order valence-electron chi connectivity index (χ3n) is 3.09. The van der Waals surface area contributed by atoms with Crippen LogP contribution in [-0.4, -0.2) is 36.1 Å². The maximum atomic E-state index is 13.4. The molecule has 1 aromatic carbocycles. The molecule has 1 saturated heterocycles. The average molecular weight is 254 g/mol. The van der Waals surface area contributed by atoms with Crippen molar-refractivity contribution in [3.63, 3.8) is 0 Å². The van der Waals surface area contributed by atoms with E-state index < -0.39 is 16.4 Å². The third kappa shape index (κ3) is 2.76. The molecule has 2 rings (SSSR count). The number of likely N-dealkylation sites (tertiary alicyclic amines) is 1. The van der Waals surface area contributed by atoms with Gasteiger partial charge in [0.15, 0.2) is 0 Å². The van der Waals surface area contributed by atoms with Crippen molar-refractivity contribution in [2.24, 2.45) is 0 Å². The zero-order valence-corrected chi connectivity index (χ0v) is 10.1. The van der Waals surface area contributed by atoms with Gasteiger partial charge in [-0.3, -0.25) is 10.1 Å². The maximum absolute atomic E-state index is 13.4. The van der Waals surface area contributed by atoms with Crippen molar-refractivity contribution < 1.29 is 14.1 Å². The number of para-hydroxylation sites is 1. The fourth-order valence-corrected chi connectivity index (χ4v) is 2.05. The molecule has 5 nitrogen and oxygen atoms in total. The molecule has 0 saturated carbocycles. The number of nitro groups is 1. The van der Waals surface area contributed by atoms with Crippen molar-refractivity contribution >= 4 is 5.69 Å². The van der Waals surface area contributed by atoms with Gasteiger partial charge in [-0.25, -0.2) is 0 Å². The van der Waals surface area contributed by atoms with Gasteiger partial charge in [0.05, 0.1) is 4.92 Å². The highest BCUT2D eigenvalue weighted by Crippen LogP contribution is 2.31. The molecule has 1 aliphatic rings. The zero-order valence-electron chi connectivity index (χ0n) is 10.1. The molecule has 0 amide bonds. The van der Waals surface area contributed by atoms with Gasteiger partial charge in [-0.15, -0.1) is 0 Å². The molecule has 0 unspecified atom stereocenters. The SMILES string of the molecule is CN1CCC(Oc2cccc(F)c2[N+](=O)[O-])CC1. The van der Waals surface area contributed by atoms with Crippen molar-refractivity contribution in [2.75, 3.05) is 20.1 Å². The van der Waals surface area contributed by atoms with Crippen molar-refractivity contribution in [3.05, 3.63) is 34.1 Å². The molecule has 0 aliphatic carbocycles. The normalized spacial score (nSPS) is 17.7. The van der Waals surface area contributed by atoms with E-state index in [1.807, 2.05) is 7.05 Å². The molecule has 98 valence electrons. The Labute approximate surface area is 104 Å². The average Bonchev–Trinajstić information content (AvgIpc) is 2.32. The lowest BCUT2D eigenvalue weighted by atomic mass is 10.1. The van der Waals surface area contributed by atoms with Crippen LogP contribution in [0.3, 0.4) is 0 Å². The van der Waals surface area contributed by atoms with Crippen LogP contribution in [0.25, 0.3) is 0 Å². The van der Waals surface area contributed by atoms with Gasteiger partial charge in [0, 0.05) is 13.1 Å². The highest BCUT2D eigenvalue weighted by atomic mass is 19.1. The first-order valence-electron chi connectivity index (χ1n) is 5.86. The molecule has 0 spiro atoms. The number of nitro benzene ring substituents is 1.